The van der Waals surface area contributed by atoms with Crippen LogP contribution in [0.15, 0.2) is 30.3 Å². The van der Waals surface area contributed by atoms with E-state index in [0.29, 0.717) is 15.8 Å². The van der Waals surface area contributed by atoms with Gasteiger partial charge in [0.15, 0.2) is 10.1 Å². The summed E-state index contributed by atoms with van der Waals surface area (Å²) in [5, 5.41) is 0. The van der Waals surface area contributed by atoms with Crippen molar-refractivity contribution in [1.82, 2.24) is 4.37 Å². The van der Waals surface area contributed by atoms with Gasteiger partial charge in [-0.25, -0.2) is 0 Å². The van der Waals surface area contributed by atoms with Gasteiger partial charge in [0.05, 0.1) is 0 Å². The number of ether oxygens (including phenoxy) is 1. The number of hydrogen-bond donors (Lipinski definition) is 0. The van der Waals surface area contributed by atoms with Gasteiger partial charge in [0.2, 0.25) is 0 Å². The topological polar surface area (TPSA) is 39.2 Å². The molecule has 82 valence electrons. The standard InChI is InChI=1S/C11H8ClNO2S/c1-7(14)15-10-9(13-16-11(10)12)8-5-3-2-4-6-8/h2-6H,1H3. The summed E-state index contributed by atoms with van der Waals surface area (Å²) in [4.78, 5) is 10.9. The fraction of sp³-hybridized carbons (Fsp3) is 0.0909. The molecule has 0 saturated heterocycles. The minimum Gasteiger partial charge on any atom is -0.422 e. The Hall–Kier alpha value is -1.39. The van der Waals surface area contributed by atoms with Crippen LogP contribution in [-0.2, 0) is 4.79 Å². The molecule has 16 heavy (non-hydrogen) atoms. The van der Waals surface area contributed by atoms with E-state index in [1.54, 1.807) is 0 Å². The first-order valence-electron chi connectivity index (χ1n) is 4.57. The quantitative estimate of drug-likeness (QED) is 0.770. The van der Waals surface area contributed by atoms with Crippen molar-refractivity contribution in [3.63, 3.8) is 0 Å². The fourth-order valence-electron chi connectivity index (χ4n) is 1.27. The normalized spacial score (nSPS) is 10.1. The number of esters is 1. The Kier molecular flexibility index (Phi) is 3.22. The van der Waals surface area contributed by atoms with Gasteiger partial charge < -0.3 is 4.74 Å². The van der Waals surface area contributed by atoms with Gasteiger partial charge in [-0.05, 0) is 11.5 Å². The summed E-state index contributed by atoms with van der Waals surface area (Å²) in [6.45, 7) is 1.34. The van der Waals surface area contributed by atoms with Gasteiger partial charge in [-0.1, -0.05) is 41.9 Å². The third-order valence-corrected chi connectivity index (χ3v) is 2.90. The van der Waals surface area contributed by atoms with E-state index in [2.05, 4.69) is 4.37 Å². The summed E-state index contributed by atoms with van der Waals surface area (Å²) < 4.78 is 9.60. The third kappa shape index (κ3) is 2.23. The average Bonchev–Trinajstić information content (AvgIpc) is 2.61. The van der Waals surface area contributed by atoms with E-state index in [1.807, 2.05) is 30.3 Å². The monoisotopic (exact) mass is 253 g/mol. The molecule has 0 aliphatic heterocycles. The molecular weight excluding hydrogens is 246 g/mol. The van der Waals surface area contributed by atoms with Gasteiger partial charge >= 0.3 is 5.97 Å². The SMILES string of the molecule is CC(=O)Oc1c(-c2ccccc2)nsc1Cl. The molecule has 0 aliphatic carbocycles. The minimum atomic E-state index is -0.403. The largest absolute Gasteiger partial charge is 0.422 e. The van der Waals surface area contributed by atoms with E-state index in [4.69, 9.17) is 16.3 Å². The molecule has 0 saturated carbocycles. The summed E-state index contributed by atoms with van der Waals surface area (Å²) >= 11 is 7.02. The molecule has 5 heteroatoms. The summed E-state index contributed by atoms with van der Waals surface area (Å²) in [5.41, 5.74) is 1.48. The number of halogens is 1. The molecule has 0 N–H and O–H groups in total. The highest BCUT2D eigenvalue weighted by atomic mass is 35.5. The van der Waals surface area contributed by atoms with Gasteiger partial charge in [0.1, 0.15) is 5.69 Å². The van der Waals surface area contributed by atoms with Crippen LogP contribution in [0.4, 0.5) is 0 Å². The lowest BCUT2D eigenvalue weighted by Crippen LogP contribution is -2.01. The molecule has 0 fully saturated rings. The van der Waals surface area contributed by atoms with Crippen LogP contribution in [0, 0.1) is 0 Å². The molecule has 0 bridgehead atoms. The first-order chi connectivity index (χ1) is 7.68. The maximum atomic E-state index is 10.9. The molecule has 1 aromatic heterocycles. The summed E-state index contributed by atoms with van der Waals surface area (Å²) in [6, 6.07) is 9.46. The number of nitrogens with zero attached hydrogens (tertiary/aromatic N) is 1. The van der Waals surface area contributed by atoms with Crippen LogP contribution in [0.2, 0.25) is 4.34 Å². The second-order valence-corrected chi connectivity index (χ2v) is 4.47. The van der Waals surface area contributed by atoms with E-state index < -0.39 is 5.97 Å². The van der Waals surface area contributed by atoms with Crippen LogP contribution in [0.25, 0.3) is 11.3 Å². The van der Waals surface area contributed by atoms with E-state index in [-0.39, 0.29) is 0 Å². The Morgan fingerprint density at radius 1 is 1.38 bits per heavy atom. The fourth-order valence-corrected chi connectivity index (χ4v) is 2.09. The van der Waals surface area contributed by atoms with Gasteiger partial charge in [-0.3, -0.25) is 4.79 Å². The van der Waals surface area contributed by atoms with Crippen LogP contribution in [0.3, 0.4) is 0 Å². The van der Waals surface area contributed by atoms with Crippen molar-refractivity contribution in [1.29, 1.82) is 0 Å². The summed E-state index contributed by atoms with van der Waals surface area (Å²) in [6.07, 6.45) is 0. The lowest BCUT2D eigenvalue weighted by atomic mass is 10.1. The molecule has 1 aromatic carbocycles. The molecular formula is C11H8ClNO2S. The number of carbonyl (C=O) groups excluding carboxylic acids is 1. The lowest BCUT2D eigenvalue weighted by molar-refractivity contribution is -0.131. The number of aromatic nitrogens is 1. The second kappa shape index (κ2) is 4.63. The summed E-state index contributed by atoms with van der Waals surface area (Å²) in [5.74, 6) is -0.0651. The highest BCUT2D eigenvalue weighted by molar-refractivity contribution is 7.11. The zero-order valence-electron chi connectivity index (χ0n) is 8.44. The highest BCUT2D eigenvalue weighted by Gasteiger charge is 2.16. The molecule has 0 spiro atoms. The van der Waals surface area contributed by atoms with Crippen molar-refractivity contribution < 1.29 is 9.53 Å². The third-order valence-electron chi connectivity index (χ3n) is 1.90. The Labute approximate surface area is 102 Å². The van der Waals surface area contributed by atoms with Gasteiger partial charge in [-0.15, -0.1) is 0 Å². The number of benzene rings is 1. The zero-order valence-corrected chi connectivity index (χ0v) is 10.0. The van der Waals surface area contributed by atoms with Crippen LogP contribution in [0.5, 0.6) is 5.75 Å². The number of rotatable bonds is 2. The predicted molar refractivity (Wildman–Crippen MR) is 63.9 cm³/mol. The van der Waals surface area contributed by atoms with Crippen molar-refractivity contribution in [3.8, 4) is 17.0 Å². The Morgan fingerprint density at radius 3 is 2.69 bits per heavy atom. The average molecular weight is 254 g/mol. The molecule has 2 rings (SSSR count). The van der Waals surface area contributed by atoms with Crippen LogP contribution in [0.1, 0.15) is 6.92 Å². The summed E-state index contributed by atoms with van der Waals surface area (Å²) in [7, 11) is 0. The number of carbonyl (C=O) groups is 1. The number of hydrogen-bond acceptors (Lipinski definition) is 4. The van der Waals surface area contributed by atoms with Gasteiger partial charge in [0, 0.05) is 12.5 Å². The van der Waals surface area contributed by atoms with E-state index >= 15 is 0 Å². The highest BCUT2D eigenvalue weighted by Crippen LogP contribution is 2.38. The Balaban J connectivity index is 2.46. The van der Waals surface area contributed by atoms with Gasteiger partial charge in [0.25, 0.3) is 0 Å². The van der Waals surface area contributed by atoms with Crippen LogP contribution in [-0.4, -0.2) is 10.3 Å². The van der Waals surface area contributed by atoms with Crippen molar-refractivity contribution in [2.75, 3.05) is 0 Å². The predicted octanol–water partition coefficient (Wildman–Crippen LogP) is 3.39. The molecule has 0 aliphatic rings. The van der Waals surface area contributed by atoms with E-state index in [0.717, 1.165) is 17.1 Å². The van der Waals surface area contributed by atoms with E-state index in [9.17, 15) is 4.79 Å². The van der Waals surface area contributed by atoms with E-state index in [1.165, 1.54) is 6.92 Å². The van der Waals surface area contributed by atoms with Crippen molar-refractivity contribution in [2.24, 2.45) is 0 Å². The first-order valence-corrected chi connectivity index (χ1v) is 5.72. The van der Waals surface area contributed by atoms with Crippen molar-refractivity contribution in [2.45, 2.75) is 6.92 Å². The molecule has 0 atom stereocenters. The molecule has 1 heterocycles. The lowest BCUT2D eigenvalue weighted by Gasteiger charge is -2.02. The zero-order chi connectivity index (χ0) is 11.5. The second-order valence-electron chi connectivity index (χ2n) is 3.09. The molecule has 3 nitrogen and oxygen atoms in total. The molecule has 0 amide bonds. The Bertz CT molecular complexity index is 510. The maximum Gasteiger partial charge on any atom is 0.308 e. The van der Waals surface area contributed by atoms with Crippen LogP contribution >= 0.6 is 23.1 Å². The molecule has 2 aromatic rings. The van der Waals surface area contributed by atoms with Crippen molar-refractivity contribution >= 4 is 29.1 Å². The van der Waals surface area contributed by atoms with Crippen molar-refractivity contribution in [3.05, 3.63) is 34.7 Å². The Morgan fingerprint density at radius 2 is 2.06 bits per heavy atom. The maximum absolute atomic E-state index is 10.9. The smallest absolute Gasteiger partial charge is 0.308 e. The first kappa shape index (κ1) is 11.1. The molecule has 0 radical (unpaired) electrons. The minimum absolute atomic E-state index is 0.338. The van der Waals surface area contributed by atoms with Crippen LogP contribution < -0.4 is 4.74 Å². The molecule has 0 unspecified atom stereocenters. The van der Waals surface area contributed by atoms with Gasteiger partial charge in [-0.2, -0.15) is 4.37 Å².